The molecule has 0 aliphatic heterocycles. The molecule has 0 atom stereocenters. The number of ether oxygens (including phenoxy) is 1. The van der Waals surface area contributed by atoms with Crippen molar-refractivity contribution in [3.05, 3.63) is 28.8 Å². The monoisotopic (exact) mass is 264 g/mol. The molecule has 0 saturated heterocycles. The van der Waals surface area contributed by atoms with Gasteiger partial charge >= 0.3 is 5.97 Å². The fourth-order valence-electron chi connectivity index (χ4n) is 1.76. The molecule has 18 heavy (non-hydrogen) atoms. The lowest BCUT2D eigenvalue weighted by molar-refractivity contribution is 0.0421. The highest BCUT2D eigenvalue weighted by Gasteiger charge is 2.44. The molecule has 0 bridgehead atoms. The van der Waals surface area contributed by atoms with Gasteiger partial charge in [0, 0.05) is 17.5 Å². The summed E-state index contributed by atoms with van der Waals surface area (Å²) < 4.78 is 5.22. The van der Waals surface area contributed by atoms with Crippen LogP contribution < -0.4 is 5.73 Å². The van der Waals surface area contributed by atoms with Crippen LogP contribution in [0.4, 0.5) is 5.69 Å². The molecule has 4 nitrogen and oxygen atoms in total. The lowest BCUT2D eigenvalue weighted by Crippen LogP contribution is -2.16. The minimum atomic E-state index is -0.526. The normalized spacial score (nSPS) is 15.8. The summed E-state index contributed by atoms with van der Waals surface area (Å²) in [6, 6.07) is 6.98. The van der Waals surface area contributed by atoms with Crippen molar-refractivity contribution in [2.75, 3.05) is 12.3 Å². The van der Waals surface area contributed by atoms with E-state index in [0.29, 0.717) is 12.1 Å². The van der Waals surface area contributed by atoms with Crippen molar-refractivity contribution < 1.29 is 9.53 Å². The topological polar surface area (TPSA) is 76.1 Å². The lowest BCUT2D eigenvalue weighted by atomic mass is 10.1. The molecule has 0 radical (unpaired) electrons. The summed E-state index contributed by atoms with van der Waals surface area (Å²) in [5.74, 6) is -0.526. The average Bonchev–Trinajstić information content (AvgIpc) is 3.07. The predicted octanol–water partition coefficient (Wildman–Crippen LogP) is 2.77. The van der Waals surface area contributed by atoms with Crippen molar-refractivity contribution in [2.45, 2.75) is 19.3 Å². The number of hydrogen-bond acceptors (Lipinski definition) is 4. The van der Waals surface area contributed by atoms with Gasteiger partial charge in [0.2, 0.25) is 0 Å². The molecular weight excluding hydrogens is 252 g/mol. The van der Waals surface area contributed by atoms with Crippen LogP contribution in [0.5, 0.6) is 0 Å². The molecule has 1 aliphatic carbocycles. The Kier molecular flexibility index (Phi) is 3.44. The number of rotatable bonds is 4. The Morgan fingerprint density at radius 3 is 2.83 bits per heavy atom. The number of benzene rings is 1. The fourth-order valence-corrected chi connectivity index (χ4v) is 2.02. The minimum Gasteiger partial charge on any atom is -0.461 e. The number of esters is 1. The number of nitriles is 1. The van der Waals surface area contributed by atoms with Gasteiger partial charge < -0.3 is 10.5 Å². The van der Waals surface area contributed by atoms with E-state index in [0.717, 1.165) is 12.8 Å². The number of nitrogens with zero attached hydrogens (tertiary/aromatic N) is 1. The third-order valence-electron chi connectivity index (χ3n) is 3.17. The van der Waals surface area contributed by atoms with Crippen LogP contribution in [-0.4, -0.2) is 12.6 Å². The average molecular weight is 265 g/mol. The summed E-state index contributed by atoms with van der Waals surface area (Å²) in [5.41, 5.74) is 6.06. The van der Waals surface area contributed by atoms with Gasteiger partial charge in [-0.05, 0) is 25.0 Å². The molecule has 0 heterocycles. The molecule has 1 saturated carbocycles. The van der Waals surface area contributed by atoms with Crippen LogP contribution >= 0.6 is 11.6 Å². The first kappa shape index (κ1) is 12.7. The van der Waals surface area contributed by atoms with E-state index in [-0.39, 0.29) is 22.6 Å². The fraction of sp³-hybridized carbons (Fsp3) is 0.385. The standard InChI is InChI=1S/C13H13ClN2O2/c14-9-2-1-3-10(16)11(9)12(17)18-8-13(4-5-13)6-7-15/h1-3H,4-6,8,16H2. The van der Waals surface area contributed by atoms with Crippen LogP contribution in [0.1, 0.15) is 29.6 Å². The summed E-state index contributed by atoms with van der Waals surface area (Å²) in [5, 5.41) is 8.96. The summed E-state index contributed by atoms with van der Waals surface area (Å²) in [4.78, 5) is 11.9. The Hall–Kier alpha value is -1.73. The second-order valence-electron chi connectivity index (χ2n) is 4.62. The Morgan fingerprint density at radius 1 is 1.56 bits per heavy atom. The van der Waals surface area contributed by atoms with Crippen molar-refractivity contribution >= 4 is 23.3 Å². The summed E-state index contributed by atoms with van der Waals surface area (Å²) in [7, 11) is 0. The zero-order chi connectivity index (χ0) is 13.2. The van der Waals surface area contributed by atoms with E-state index in [4.69, 9.17) is 27.3 Å². The number of carbonyl (C=O) groups excluding carboxylic acids is 1. The quantitative estimate of drug-likeness (QED) is 0.670. The highest BCUT2D eigenvalue weighted by atomic mass is 35.5. The molecule has 2 N–H and O–H groups in total. The maximum absolute atomic E-state index is 11.9. The van der Waals surface area contributed by atoms with Gasteiger partial charge in [-0.2, -0.15) is 5.26 Å². The first-order valence-electron chi connectivity index (χ1n) is 5.66. The molecule has 0 amide bonds. The number of halogens is 1. The number of anilines is 1. The van der Waals surface area contributed by atoms with Gasteiger partial charge in [0.25, 0.3) is 0 Å². The molecule has 0 spiro atoms. The Balaban J connectivity index is 2.03. The van der Waals surface area contributed by atoms with E-state index in [1.807, 2.05) is 0 Å². The lowest BCUT2D eigenvalue weighted by Gasteiger charge is -2.13. The maximum atomic E-state index is 11.9. The number of nitrogen functional groups attached to an aromatic ring is 1. The highest BCUT2D eigenvalue weighted by molar-refractivity contribution is 6.34. The molecule has 5 heteroatoms. The molecule has 1 aromatic rings. The van der Waals surface area contributed by atoms with E-state index in [1.54, 1.807) is 18.2 Å². The van der Waals surface area contributed by atoms with E-state index in [2.05, 4.69) is 6.07 Å². The largest absolute Gasteiger partial charge is 0.461 e. The summed E-state index contributed by atoms with van der Waals surface area (Å²) in [6.45, 7) is 0.254. The van der Waals surface area contributed by atoms with Crippen molar-refractivity contribution in [3.63, 3.8) is 0 Å². The van der Waals surface area contributed by atoms with E-state index in [9.17, 15) is 4.79 Å². The Bertz CT molecular complexity index is 498. The van der Waals surface area contributed by atoms with Crippen LogP contribution in [-0.2, 0) is 4.74 Å². The molecule has 94 valence electrons. The zero-order valence-corrected chi connectivity index (χ0v) is 10.5. The molecule has 1 aliphatic rings. The van der Waals surface area contributed by atoms with E-state index >= 15 is 0 Å². The molecule has 2 rings (SSSR count). The van der Waals surface area contributed by atoms with Crippen LogP contribution in [0, 0.1) is 16.7 Å². The van der Waals surface area contributed by atoms with Gasteiger partial charge in [0.05, 0.1) is 17.7 Å². The van der Waals surface area contributed by atoms with Crippen LogP contribution in [0.25, 0.3) is 0 Å². The highest BCUT2D eigenvalue weighted by Crippen LogP contribution is 2.48. The molecule has 1 fully saturated rings. The number of nitrogens with two attached hydrogens (primary N) is 1. The second kappa shape index (κ2) is 4.87. The van der Waals surface area contributed by atoms with Crippen molar-refractivity contribution in [1.29, 1.82) is 5.26 Å². The molecule has 0 aromatic heterocycles. The van der Waals surface area contributed by atoms with E-state index in [1.165, 1.54) is 0 Å². The van der Waals surface area contributed by atoms with Gasteiger partial charge in [-0.15, -0.1) is 0 Å². The van der Waals surface area contributed by atoms with Crippen LogP contribution in [0.15, 0.2) is 18.2 Å². The van der Waals surface area contributed by atoms with E-state index < -0.39 is 5.97 Å². The van der Waals surface area contributed by atoms with Crippen LogP contribution in [0.3, 0.4) is 0 Å². The van der Waals surface area contributed by atoms with Crippen LogP contribution in [0.2, 0.25) is 5.02 Å². The van der Waals surface area contributed by atoms with Crippen molar-refractivity contribution in [2.24, 2.45) is 5.41 Å². The molecular formula is C13H13ClN2O2. The van der Waals surface area contributed by atoms with Gasteiger partial charge in [-0.3, -0.25) is 0 Å². The van der Waals surface area contributed by atoms with Crippen molar-refractivity contribution in [1.82, 2.24) is 0 Å². The van der Waals surface area contributed by atoms with Gasteiger partial charge in [-0.25, -0.2) is 4.79 Å². The Morgan fingerprint density at radius 2 is 2.28 bits per heavy atom. The molecule has 1 aromatic carbocycles. The number of hydrogen-bond donors (Lipinski definition) is 1. The summed E-state index contributed by atoms with van der Waals surface area (Å²) >= 11 is 5.92. The zero-order valence-electron chi connectivity index (χ0n) is 9.78. The third-order valence-corrected chi connectivity index (χ3v) is 3.49. The third kappa shape index (κ3) is 2.57. The molecule has 0 unspecified atom stereocenters. The van der Waals surface area contributed by atoms with Gasteiger partial charge in [-0.1, -0.05) is 17.7 Å². The first-order valence-corrected chi connectivity index (χ1v) is 6.04. The van der Waals surface area contributed by atoms with Gasteiger partial charge in [0.1, 0.15) is 5.56 Å². The van der Waals surface area contributed by atoms with Crippen molar-refractivity contribution in [3.8, 4) is 6.07 Å². The minimum absolute atomic E-state index is 0.138. The van der Waals surface area contributed by atoms with Gasteiger partial charge in [0.15, 0.2) is 0 Å². The smallest absolute Gasteiger partial charge is 0.341 e. The first-order chi connectivity index (χ1) is 8.58. The maximum Gasteiger partial charge on any atom is 0.341 e. The Labute approximate surface area is 110 Å². The number of carbonyl (C=O) groups is 1. The predicted molar refractivity (Wildman–Crippen MR) is 68.0 cm³/mol. The SMILES string of the molecule is N#CCC1(COC(=O)c2c(N)cccc2Cl)CC1. The second-order valence-corrected chi connectivity index (χ2v) is 5.02. The summed E-state index contributed by atoms with van der Waals surface area (Å²) in [6.07, 6.45) is 2.26.